The van der Waals surface area contributed by atoms with Gasteiger partial charge in [-0.2, -0.15) is 0 Å². The van der Waals surface area contributed by atoms with Crippen LogP contribution in [0.25, 0.3) is 10.2 Å². The van der Waals surface area contributed by atoms with Gasteiger partial charge in [-0.1, -0.05) is 35.1 Å². The van der Waals surface area contributed by atoms with Crippen molar-refractivity contribution in [1.29, 1.82) is 0 Å². The van der Waals surface area contributed by atoms with Gasteiger partial charge in [0.25, 0.3) is 5.91 Å². The van der Waals surface area contributed by atoms with Gasteiger partial charge in [-0.15, -0.1) is 0 Å². The highest BCUT2D eigenvalue weighted by molar-refractivity contribution is 7.22. The lowest BCUT2D eigenvalue weighted by Crippen LogP contribution is -2.41. The number of nitrogens with one attached hydrogen (secondary N) is 1. The number of hydrogen-bond donors (Lipinski definition) is 1. The number of halogens is 1. The maximum absolute atomic E-state index is 12.7. The SMILES string of the molecule is COc1ccc2nc(NC(=O)C3CCN(C(=O)c4ccccc4Cl)CC3)sc2c1. The fourth-order valence-electron chi connectivity index (χ4n) is 3.44. The molecule has 1 aliphatic heterocycles. The summed E-state index contributed by atoms with van der Waals surface area (Å²) in [6.07, 6.45) is 1.22. The first-order chi connectivity index (χ1) is 14.0. The highest BCUT2D eigenvalue weighted by Crippen LogP contribution is 2.30. The van der Waals surface area contributed by atoms with Crippen LogP contribution in [0.3, 0.4) is 0 Å². The molecule has 2 heterocycles. The number of carbonyl (C=O) groups is 2. The zero-order chi connectivity index (χ0) is 20.4. The summed E-state index contributed by atoms with van der Waals surface area (Å²) in [5, 5.41) is 3.95. The Kier molecular flexibility index (Phi) is 5.69. The number of carbonyl (C=O) groups excluding carboxylic acids is 2. The van der Waals surface area contributed by atoms with Crippen LogP contribution in [-0.4, -0.2) is 41.9 Å². The maximum Gasteiger partial charge on any atom is 0.255 e. The Bertz CT molecular complexity index is 1060. The molecule has 1 aromatic heterocycles. The molecule has 0 atom stereocenters. The van der Waals surface area contributed by atoms with Crippen molar-refractivity contribution in [3.05, 3.63) is 53.1 Å². The molecule has 150 valence electrons. The third-order valence-electron chi connectivity index (χ3n) is 5.08. The molecule has 6 nitrogen and oxygen atoms in total. The second kappa shape index (κ2) is 8.39. The van der Waals surface area contributed by atoms with E-state index >= 15 is 0 Å². The van der Waals surface area contributed by atoms with Crippen LogP contribution in [0, 0.1) is 5.92 Å². The summed E-state index contributed by atoms with van der Waals surface area (Å²) >= 11 is 7.56. The molecule has 1 aliphatic rings. The highest BCUT2D eigenvalue weighted by Gasteiger charge is 2.29. The fourth-order valence-corrected chi connectivity index (χ4v) is 4.56. The quantitative estimate of drug-likeness (QED) is 0.665. The van der Waals surface area contributed by atoms with Crippen LogP contribution in [0.4, 0.5) is 5.13 Å². The fraction of sp³-hybridized carbons (Fsp3) is 0.286. The number of likely N-dealkylation sites (tertiary alicyclic amines) is 1. The average Bonchev–Trinajstić information content (AvgIpc) is 3.15. The van der Waals surface area contributed by atoms with Crippen LogP contribution in [0.2, 0.25) is 5.02 Å². The topological polar surface area (TPSA) is 71.5 Å². The predicted octanol–water partition coefficient (Wildman–Crippen LogP) is 4.45. The number of rotatable bonds is 4. The van der Waals surface area contributed by atoms with E-state index in [0.29, 0.717) is 41.6 Å². The van der Waals surface area contributed by atoms with E-state index < -0.39 is 0 Å². The van der Waals surface area contributed by atoms with Crippen molar-refractivity contribution in [3.8, 4) is 5.75 Å². The monoisotopic (exact) mass is 429 g/mol. The molecule has 1 N–H and O–H groups in total. The number of piperidine rings is 1. The maximum atomic E-state index is 12.7. The molecular formula is C21H20ClN3O3S. The summed E-state index contributed by atoms with van der Waals surface area (Å²) in [4.78, 5) is 31.6. The average molecular weight is 430 g/mol. The Labute approximate surface area is 177 Å². The summed E-state index contributed by atoms with van der Waals surface area (Å²) in [5.41, 5.74) is 1.33. The van der Waals surface area contributed by atoms with E-state index in [9.17, 15) is 9.59 Å². The van der Waals surface area contributed by atoms with Crippen molar-refractivity contribution >= 4 is 50.1 Å². The van der Waals surface area contributed by atoms with Crippen molar-refractivity contribution in [3.63, 3.8) is 0 Å². The molecule has 0 aliphatic carbocycles. The van der Waals surface area contributed by atoms with Crippen molar-refractivity contribution in [2.24, 2.45) is 5.92 Å². The summed E-state index contributed by atoms with van der Waals surface area (Å²) in [5.74, 6) is 0.469. The van der Waals surface area contributed by atoms with Crippen LogP contribution in [-0.2, 0) is 4.79 Å². The van der Waals surface area contributed by atoms with Gasteiger partial charge < -0.3 is 15.0 Å². The van der Waals surface area contributed by atoms with Gasteiger partial charge in [0, 0.05) is 19.0 Å². The number of hydrogen-bond acceptors (Lipinski definition) is 5. The standard InChI is InChI=1S/C21H20ClN3O3S/c1-28-14-6-7-17-18(12-14)29-21(23-17)24-19(26)13-8-10-25(11-9-13)20(27)15-4-2-3-5-16(15)22/h2-7,12-13H,8-11H2,1H3,(H,23,24,26). The minimum atomic E-state index is -0.146. The van der Waals surface area contributed by atoms with Crippen LogP contribution in [0.1, 0.15) is 23.2 Å². The number of methoxy groups -OCH3 is 1. The number of thiazole rings is 1. The molecule has 0 radical (unpaired) electrons. The highest BCUT2D eigenvalue weighted by atomic mass is 35.5. The van der Waals surface area contributed by atoms with Gasteiger partial charge >= 0.3 is 0 Å². The molecule has 8 heteroatoms. The molecule has 2 amide bonds. The second-order valence-corrected chi connectivity index (χ2v) is 8.33. The van der Waals surface area contributed by atoms with Gasteiger partial charge in [0.05, 0.1) is 27.9 Å². The first-order valence-corrected chi connectivity index (χ1v) is 10.5. The molecule has 0 unspecified atom stereocenters. The van der Waals surface area contributed by atoms with E-state index in [4.69, 9.17) is 16.3 Å². The smallest absolute Gasteiger partial charge is 0.255 e. The van der Waals surface area contributed by atoms with E-state index in [1.165, 1.54) is 11.3 Å². The first kappa shape index (κ1) is 19.7. The Morgan fingerprint density at radius 2 is 1.97 bits per heavy atom. The van der Waals surface area contributed by atoms with E-state index in [2.05, 4.69) is 10.3 Å². The normalized spacial score (nSPS) is 14.8. The molecule has 29 heavy (non-hydrogen) atoms. The lowest BCUT2D eigenvalue weighted by Gasteiger charge is -2.31. The molecule has 0 saturated carbocycles. The van der Waals surface area contributed by atoms with Gasteiger partial charge in [-0.25, -0.2) is 4.98 Å². The Morgan fingerprint density at radius 1 is 1.21 bits per heavy atom. The van der Waals surface area contributed by atoms with Crippen molar-refractivity contribution in [1.82, 2.24) is 9.88 Å². The van der Waals surface area contributed by atoms with Crippen molar-refractivity contribution < 1.29 is 14.3 Å². The van der Waals surface area contributed by atoms with E-state index in [1.807, 2.05) is 18.2 Å². The minimum Gasteiger partial charge on any atom is -0.497 e. The molecular weight excluding hydrogens is 410 g/mol. The largest absolute Gasteiger partial charge is 0.497 e. The van der Waals surface area contributed by atoms with Crippen LogP contribution >= 0.6 is 22.9 Å². The molecule has 1 saturated heterocycles. The molecule has 0 bridgehead atoms. The summed E-state index contributed by atoms with van der Waals surface area (Å²) in [6, 6.07) is 12.7. The Balaban J connectivity index is 1.37. The lowest BCUT2D eigenvalue weighted by atomic mass is 9.95. The Hall–Kier alpha value is -2.64. The van der Waals surface area contributed by atoms with Crippen LogP contribution in [0.15, 0.2) is 42.5 Å². The van der Waals surface area contributed by atoms with Gasteiger partial charge in [-0.3, -0.25) is 9.59 Å². The number of anilines is 1. The molecule has 2 aromatic carbocycles. The minimum absolute atomic E-state index is 0.0548. The van der Waals surface area contributed by atoms with E-state index in [0.717, 1.165) is 16.0 Å². The number of benzene rings is 2. The third-order valence-corrected chi connectivity index (χ3v) is 6.35. The summed E-state index contributed by atoms with van der Waals surface area (Å²) in [6.45, 7) is 1.05. The van der Waals surface area contributed by atoms with E-state index in [1.54, 1.807) is 36.3 Å². The molecule has 4 rings (SSSR count). The zero-order valence-electron chi connectivity index (χ0n) is 15.9. The second-order valence-electron chi connectivity index (χ2n) is 6.89. The summed E-state index contributed by atoms with van der Waals surface area (Å²) in [7, 11) is 1.62. The first-order valence-electron chi connectivity index (χ1n) is 9.34. The Morgan fingerprint density at radius 3 is 2.69 bits per heavy atom. The van der Waals surface area contributed by atoms with Gasteiger partial charge in [-0.05, 0) is 43.2 Å². The van der Waals surface area contributed by atoms with Crippen LogP contribution < -0.4 is 10.1 Å². The number of nitrogens with zero attached hydrogens (tertiary/aromatic N) is 2. The van der Waals surface area contributed by atoms with Crippen molar-refractivity contribution in [2.75, 3.05) is 25.5 Å². The number of amides is 2. The number of aromatic nitrogens is 1. The number of fused-ring (bicyclic) bond motifs is 1. The molecule has 1 fully saturated rings. The van der Waals surface area contributed by atoms with Crippen molar-refractivity contribution in [2.45, 2.75) is 12.8 Å². The number of ether oxygens (including phenoxy) is 1. The molecule has 3 aromatic rings. The predicted molar refractivity (Wildman–Crippen MR) is 115 cm³/mol. The van der Waals surface area contributed by atoms with Gasteiger partial charge in [0.1, 0.15) is 5.75 Å². The molecule has 0 spiro atoms. The third kappa shape index (κ3) is 4.21. The van der Waals surface area contributed by atoms with E-state index in [-0.39, 0.29) is 17.7 Å². The lowest BCUT2D eigenvalue weighted by molar-refractivity contribution is -0.121. The van der Waals surface area contributed by atoms with Crippen LogP contribution in [0.5, 0.6) is 5.75 Å². The van der Waals surface area contributed by atoms with Gasteiger partial charge in [0.15, 0.2) is 5.13 Å². The zero-order valence-corrected chi connectivity index (χ0v) is 17.4. The summed E-state index contributed by atoms with van der Waals surface area (Å²) < 4.78 is 6.19. The van der Waals surface area contributed by atoms with Gasteiger partial charge in [0.2, 0.25) is 5.91 Å².